The second kappa shape index (κ2) is 18.6. The Hall–Kier alpha value is -11.4. The molecule has 17 rings (SSSR count). The molecule has 5 aromatic heterocycles. The lowest BCUT2D eigenvalue weighted by Crippen LogP contribution is -2.03. The zero-order valence-corrected chi connectivity index (χ0v) is 44.6. The van der Waals surface area contributed by atoms with Gasteiger partial charge >= 0.3 is 0 Å². The average molecular weight is 1060 g/mol. The lowest BCUT2D eigenvalue weighted by Gasteiger charge is -2.13. The van der Waals surface area contributed by atoms with Crippen molar-refractivity contribution in [1.82, 2.24) is 38.6 Å². The van der Waals surface area contributed by atoms with Gasteiger partial charge in [0.25, 0.3) is 0 Å². The maximum absolute atomic E-state index is 5.51. The minimum atomic E-state index is 0.598. The van der Waals surface area contributed by atoms with Crippen molar-refractivity contribution in [2.75, 3.05) is 0 Å². The maximum Gasteiger partial charge on any atom is 0.235 e. The van der Waals surface area contributed by atoms with E-state index in [2.05, 4.69) is 275 Å². The number of hydrogen-bond donors (Lipinski definition) is 0. The van der Waals surface area contributed by atoms with Crippen LogP contribution in [0.2, 0.25) is 0 Å². The molecule has 0 aliphatic heterocycles. The number of fused-ring (bicyclic) bond motifs is 12. The molecular weight excluding hydrogens is 1010 g/mol. The van der Waals surface area contributed by atoms with E-state index >= 15 is 0 Å². The second-order valence-electron chi connectivity index (χ2n) is 21.2. The number of imidazole rings is 1. The molecule has 0 atom stereocenters. The SMILES string of the molecule is c1ccc(-c2nc(-n3c4ccc(-c5ccc6c(c5)c5cc(-c7nc(-c8ccccc8)c8c(n7)nc(-c7ccccc7)n8-c7ccccc7)ccc5n6-c5ccccc5)cc4c4c5ccccc5ccc43)nc3c2ccc2ccccc23)cc1. The minimum absolute atomic E-state index is 0.598. The largest absolute Gasteiger partial charge is 0.309 e. The molecule has 0 aliphatic carbocycles. The van der Waals surface area contributed by atoms with Crippen molar-refractivity contribution in [1.29, 1.82) is 0 Å². The van der Waals surface area contributed by atoms with Crippen LogP contribution in [0, 0.1) is 0 Å². The Kier molecular flexibility index (Phi) is 10.4. The van der Waals surface area contributed by atoms with Gasteiger partial charge in [0, 0.05) is 65.9 Å². The van der Waals surface area contributed by atoms with Gasteiger partial charge in [0.05, 0.1) is 33.3 Å². The molecule has 0 unspecified atom stereocenters. The molecular formula is C75H46N8. The molecule has 0 aliphatic rings. The van der Waals surface area contributed by atoms with Crippen molar-refractivity contribution in [2.45, 2.75) is 0 Å². The zero-order valence-electron chi connectivity index (χ0n) is 44.6. The Morgan fingerprint density at radius 1 is 0.265 bits per heavy atom. The van der Waals surface area contributed by atoms with Gasteiger partial charge in [0.2, 0.25) is 5.95 Å². The van der Waals surface area contributed by atoms with E-state index in [1.54, 1.807) is 0 Å². The quantitative estimate of drug-likeness (QED) is 0.142. The summed E-state index contributed by atoms with van der Waals surface area (Å²) < 4.78 is 6.84. The Morgan fingerprint density at radius 2 is 0.759 bits per heavy atom. The van der Waals surface area contributed by atoms with Gasteiger partial charge in [-0.25, -0.2) is 24.9 Å². The molecule has 386 valence electrons. The molecule has 0 fully saturated rings. The second-order valence-corrected chi connectivity index (χ2v) is 21.2. The fourth-order valence-corrected chi connectivity index (χ4v) is 12.7. The molecule has 0 N–H and O–H groups in total. The highest BCUT2D eigenvalue weighted by atomic mass is 15.2. The van der Waals surface area contributed by atoms with Gasteiger partial charge < -0.3 is 4.57 Å². The summed E-state index contributed by atoms with van der Waals surface area (Å²) in [6.45, 7) is 0. The van der Waals surface area contributed by atoms with E-state index in [1.165, 1.54) is 10.8 Å². The minimum Gasteiger partial charge on any atom is -0.309 e. The standard InChI is InChI=1S/C75H46N8/c1-6-22-49(23-7-1)68-59-39-34-48-21-17-19-33-58(48)70(59)78-75(77-68)83-65-41-37-53(45-62(65)67-57-32-18-16-20-47(57)35-43-66(67)83)52-36-40-63-60(44-52)61-46-54(38-42-64(61)81(63)55-28-12-4-13-29-55)72-76-69(50-24-8-2-9-25-50)71-73(79-72)80-74(51-26-10-3-11-27-51)82(71)56-30-14-5-15-31-56/h1-46H. The van der Waals surface area contributed by atoms with Crippen LogP contribution in [-0.4, -0.2) is 38.6 Å². The van der Waals surface area contributed by atoms with E-state index in [-0.39, 0.29) is 0 Å². The normalized spacial score (nSPS) is 11.9. The third-order valence-corrected chi connectivity index (χ3v) is 16.5. The lowest BCUT2D eigenvalue weighted by molar-refractivity contribution is 1.02. The van der Waals surface area contributed by atoms with E-state index in [9.17, 15) is 0 Å². The molecule has 17 aromatic rings. The van der Waals surface area contributed by atoms with Crippen molar-refractivity contribution in [3.8, 4) is 73.7 Å². The van der Waals surface area contributed by atoms with Crippen molar-refractivity contribution in [3.05, 3.63) is 279 Å². The van der Waals surface area contributed by atoms with Crippen molar-refractivity contribution >= 4 is 87.2 Å². The average Bonchev–Trinajstić information content (AvgIpc) is 3.51. The summed E-state index contributed by atoms with van der Waals surface area (Å²) >= 11 is 0. The van der Waals surface area contributed by atoms with Crippen LogP contribution in [0.15, 0.2) is 279 Å². The van der Waals surface area contributed by atoms with E-state index in [0.29, 0.717) is 17.4 Å². The molecule has 0 radical (unpaired) electrons. The third-order valence-electron chi connectivity index (χ3n) is 16.5. The van der Waals surface area contributed by atoms with E-state index in [4.69, 9.17) is 24.9 Å². The third kappa shape index (κ3) is 7.43. The molecule has 8 nitrogen and oxygen atoms in total. The van der Waals surface area contributed by atoms with E-state index in [1.807, 2.05) is 18.2 Å². The topological polar surface area (TPSA) is 79.2 Å². The number of para-hydroxylation sites is 2. The van der Waals surface area contributed by atoms with E-state index in [0.717, 1.165) is 133 Å². The highest BCUT2D eigenvalue weighted by Crippen LogP contribution is 2.43. The molecule has 0 saturated heterocycles. The van der Waals surface area contributed by atoms with Crippen LogP contribution < -0.4 is 0 Å². The molecule has 5 heterocycles. The molecule has 0 amide bonds. The molecule has 8 heteroatoms. The number of benzene rings is 12. The van der Waals surface area contributed by atoms with Gasteiger partial charge in [0.1, 0.15) is 17.0 Å². The number of nitrogens with zero attached hydrogens (tertiary/aromatic N) is 8. The van der Waals surface area contributed by atoms with Gasteiger partial charge in [-0.15, -0.1) is 0 Å². The zero-order chi connectivity index (χ0) is 54.5. The Bertz CT molecular complexity index is 5420. The smallest absolute Gasteiger partial charge is 0.235 e. The molecule has 0 saturated carbocycles. The first kappa shape index (κ1) is 46.6. The lowest BCUT2D eigenvalue weighted by atomic mass is 9.98. The van der Waals surface area contributed by atoms with Gasteiger partial charge in [-0.2, -0.15) is 0 Å². The Balaban J connectivity index is 0.880. The monoisotopic (exact) mass is 1060 g/mol. The predicted octanol–water partition coefficient (Wildman–Crippen LogP) is 18.6. The highest BCUT2D eigenvalue weighted by Gasteiger charge is 2.25. The van der Waals surface area contributed by atoms with Crippen LogP contribution in [0.1, 0.15) is 0 Å². The van der Waals surface area contributed by atoms with Crippen molar-refractivity contribution < 1.29 is 0 Å². The van der Waals surface area contributed by atoms with Gasteiger partial charge in [-0.1, -0.05) is 200 Å². The first-order chi connectivity index (χ1) is 41.2. The molecule has 83 heavy (non-hydrogen) atoms. The van der Waals surface area contributed by atoms with E-state index < -0.39 is 0 Å². The summed E-state index contributed by atoms with van der Waals surface area (Å²) in [7, 11) is 0. The van der Waals surface area contributed by atoms with Gasteiger partial charge in [0.15, 0.2) is 11.5 Å². The summed E-state index contributed by atoms with van der Waals surface area (Å²) in [5, 5.41) is 10.1. The van der Waals surface area contributed by atoms with Crippen LogP contribution >= 0.6 is 0 Å². The summed E-state index contributed by atoms with van der Waals surface area (Å²) in [4.78, 5) is 27.2. The summed E-state index contributed by atoms with van der Waals surface area (Å²) in [5.74, 6) is 2.02. The van der Waals surface area contributed by atoms with Gasteiger partial charge in [-0.3, -0.25) is 9.13 Å². The maximum atomic E-state index is 5.51. The fraction of sp³-hybridized carbons (Fsp3) is 0. The van der Waals surface area contributed by atoms with Crippen LogP contribution in [0.5, 0.6) is 0 Å². The highest BCUT2D eigenvalue weighted by molar-refractivity contribution is 6.22. The van der Waals surface area contributed by atoms with Crippen LogP contribution in [-0.2, 0) is 0 Å². The molecule has 0 spiro atoms. The van der Waals surface area contributed by atoms with Crippen molar-refractivity contribution in [3.63, 3.8) is 0 Å². The van der Waals surface area contributed by atoms with Crippen LogP contribution in [0.4, 0.5) is 0 Å². The Labute approximate surface area is 476 Å². The molecule has 0 bridgehead atoms. The van der Waals surface area contributed by atoms with Gasteiger partial charge in [-0.05, 0) is 106 Å². The Morgan fingerprint density at radius 3 is 1.42 bits per heavy atom. The predicted molar refractivity (Wildman–Crippen MR) is 341 cm³/mol. The summed E-state index contributed by atoms with van der Waals surface area (Å²) in [6, 6.07) is 98.6. The number of aromatic nitrogens is 8. The summed E-state index contributed by atoms with van der Waals surface area (Å²) in [6.07, 6.45) is 0. The first-order valence-electron chi connectivity index (χ1n) is 28.0. The number of hydrogen-bond acceptors (Lipinski definition) is 5. The summed E-state index contributed by atoms with van der Waals surface area (Å²) in [5.41, 5.74) is 16.5. The fourth-order valence-electron chi connectivity index (χ4n) is 12.7. The molecule has 12 aromatic carbocycles. The van der Waals surface area contributed by atoms with Crippen molar-refractivity contribution in [2.24, 2.45) is 0 Å². The van der Waals surface area contributed by atoms with Crippen LogP contribution in [0.25, 0.3) is 161 Å². The van der Waals surface area contributed by atoms with Crippen LogP contribution in [0.3, 0.4) is 0 Å². The number of rotatable bonds is 8. The first-order valence-corrected chi connectivity index (χ1v) is 28.0.